The lowest BCUT2D eigenvalue weighted by Crippen LogP contribution is -2.50. The molecule has 1 N–H and O–H groups in total. The van der Waals surface area contributed by atoms with Crippen LogP contribution in [-0.2, 0) is 22.6 Å². The second-order valence-corrected chi connectivity index (χ2v) is 10.4. The monoisotopic (exact) mass is 502 g/mol. The van der Waals surface area contributed by atoms with Crippen LogP contribution in [-0.4, -0.2) is 35.1 Å². The zero-order valence-corrected chi connectivity index (χ0v) is 22.5. The van der Waals surface area contributed by atoms with Gasteiger partial charge < -0.3 is 10.2 Å². The molecule has 0 spiro atoms. The predicted molar refractivity (Wildman–Crippen MR) is 150 cm³/mol. The average molecular weight is 503 g/mol. The number of rotatable bonds is 13. The summed E-state index contributed by atoms with van der Waals surface area (Å²) >= 11 is 1.68. The number of hydrogen-bond acceptors (Lipinski definition) is 3. The Kier molecular flexibility index (Phi) is 11.1. The van der Waals surface area contributed by atoms with Gasteiger partial charge in [-0.2, -0.15) is 0 Å². The summed E-state index contributed by atoms with van der Waals surface area (Å²) in [6.07, 6.45) is 2.79. The van der Waals surface area contributed by atoms with Crippen molar-refractivity contribution < 1.29 is 9.59 Å². The Morgan fingerprint density at radius 2 is 1.61 bits per heavy atom. The van der Waals surface area contributed by atoms with E-state index in [1.54, 1.807) is 16.7 Å². The number of hydrogen-bond donors (Lipinski definition) is 1. The molecule has 0 fully saturated rings. The molecular weight excluding hydrogens is 464 g/mol. The van der Waals surface area contributed by atoms with E-state index in [0.717, 1.165) is 34.4 Å². The van der Waals surface area contributed by atoms with Crippen LogP contribution in [0, 0.1) is 13.8 Å². The molecule has 1 unspecified atom stereocenters. The minimum absolute atomic E-state index is 0.00249. The first-order chi connectivity index (χ1) is 17.5. The number of nitrogens with one attached hydrogen (secondary N) is 1. The summed E-state index contributed by atoms with van der Waals surface area (Å²) < 4.78 is 0. The maximum Gasteiger partial charge on any atom is 0.243 e. The first-order valence-electron chi connectivity index (χ1n) is 12.8. The van der Waals surface area contributed by atoms with Crippen LogP contribution < -0.4 is 5.32 Å². The van der Waals surface area contributed by atoms with Gasteiger partial charge >= 0.3 is 0 Å². The Balaban J connectivity index is 1.82. The maximum absolute atomic E-state index is 13.7. The fourth-order valence-corrected chi connectivity index (χ4v) is 4.94. The van der Waals surface area contributed by atoms with Crippen LogP contribution in [0.4, 0.5) is 0 Å². The Morgan fingerprint density at radius 3 is 2.31 bits per heavy atom. The molecular formula is C31H38N2O2S. The molecule has 0 aromatic heterocycles. The average Bonchev–Trinajstić information content (AvgIpc) is 2.88. The lowest BCUT2D eigenvalue weighted by atomic mass is 10.0. The molecule has 0 aliphatic heterocycles. The van der Waals surface area contributed by atoms with Crippen LogP contribution in [0.1, 0.15) is 48.4 Å². The molecule has 3 aromatic rings. The second kappa shape index (κ2) is 14.5. The zero-order chi connectivity index (χ0) is 25.8. The summed E-state index contributed by atoms with van der Waals surface area (Å²) in [5.74, 6) is 0.587. The minimum Gasteiger partial charge on any atom is -0.354 e. The molecule has 36 heavy (non-hydrogen) atoms. The summed E-state index contributed by atoms with van der Waals surface area (Å²) in [5.41, 5.74) is 4.44. The standard InChI is InChI=1S/C31H38N2O2S/c1-4-5-19-32-31(35)29(22-26-11-7-6-8-12-26)33(23-27-13-9-10-25(3)21-27)30(34)18-20-36-28-16-14-24(2)15-17-28/h6-17,21,29H,4-5,18-20,22-23H2,1-3H3,(H,32,35). The van der Waals surface area contributed by atoms with Gasteiger partial charge in [0.1, 0.15) is 6.04 Å². The number of amides is 2. The van der Waals surface area contributed by atoms with E-state index >= 15 is 0 Å². The fraction of sp³-hybridized carbons (Fsp3) is 0.355. The van der Waals surface area contributed by atoms with E-state index in [4.69, 9.17) is 0 Å². The van der Waals surface area contributed by atoms with Gasteiger partial charge in [-0.3, -0.25) is 9.59 Å². The Morgan fingerprint density at radius 1 is 0.889 bits per heavy atom. The highest BCUT2D eigenvalue weighted by Gasteiger charge is 2.30. The first-order valence-corrected chi connectivity index (χ1v) is 13.8. The molecule has 0 saturated heterocycles. The molecule has 0 bridgehead atoms. The molecule has 3 rings (SSSR count). The number of unbranched alkanes of at least 4 members (excludes halogenated alkanes) is 1. The molecule has 4 nitrogen and oxygen atoms in total. The normalized spacial score (nSPS) is 11.6. The third-order valence-corrected chi connectivity index (χ3v) is 7.16. The van der Waals surface area contributed by atoms with Crippen LogP contribution in [0.2, 0.25) is 0 Å². The quantitative estimate of drug-likeness (QED) is 0.219. The molecule has 0 saturated carbocycles. The van der Waals surface area contributed by atoms with Crippen molar-refractivity contribution in [3.05, 3.63) is 101 Å². The van der Waals surface area contributed by atoms with Crippen LogP contribution in [0.3, 0.4) is 0 Å². The number of carbonyl (C=O) groups excluding carboxylic acids is 2. The molecule has 190 valence electrons. The smallest absolute Gasteiger partial charge is 0.243 e. The minimum atomic E-state index is -0.568. The number of carbonyl (C=O) groups is 2. The molecule has 0 aliphatic carbocycles. The van der Waals surface area contributed by atoms with Gasteiger partial charge in [-0.05, 0) is 43.5 Å². The van der Waals surface area contributed by atoms with Crippen LogP contribution >= 0.6 is 11.8 Å². The lowest BCUT2D eigenvalue weighted by molar-refractivity contribution is -0.141. The van der Waals surface area contributed by atoms with Crippen molar-refractivity contribution in [2.45, 2.75) is 63.9 Å². The Labute approximate surface area is 220 Å². The third kappa shape index (κ3) is 8.87. The molecule has 3 aromatic carbocycles. The van der Waals surface area contributed by atoms with Crippen LogP contribution in [0.15, 0.2) is 83.8 Å². The Bertz CT molecular complexity index is 1100. The van der Waals surface area contributed by atoms with E-state index in [9.17, 15) is 9.59 Å². The van der Waals surface area contributed by atoms with Crippen molar-refractivity contribution in [3.63, 3.8) is 0 Å². The molecule has 1 atom stereocenters. The topological polar surface area (TPSA) is 49.4 Å². The second-order valence-electron chi connectivity index (χ2n) is 9.27. The summed E-state index contributed by atoms with van der Waals surface area (Å²) in [6.45, 7) is 7.25. The fourth-order valence-electron chi connectivity index (χ4n) is 4.10. The van der Waals surface area contributed by atoms with E-state index in [1.807, 2.05) is 55.5 Å². The van der Waals surface area contributed by atoms with E-state index in [1.165, 1.54) is 5.56 Å². The Hall–Kier alpha value is -3.05. The lowest BCUT2D eigenvalue weighted by Gasteiger charge is -2.32. The van der Waals surface area contributed by atoms with Crippen molar-refractivity contribution in [3.8, 4) is 0 Å². The van der Waals surface area contributed by atoms with Gasteiger partial charge in [0, 0.05) is 36.6 Å². The molecule has 2 amide bonds. The summed E-state index contributed by atoms with van der Waals surface area (Å²) in [5, 5.41) is 3.09. The van der Waals surface area contributed by atoms with Crippen LogP contribution in [0.25, 0.3) is 0 Å². The van der Waals surface area contributed by atoms with E-state index in [2.05, 4.69) is 49.5 Å². The van der Waals surface area contributed by atoms with Crippen molar-refractivity contribution in [2.24, 2.45) is 0 Å². The van der Waals surface area contributed by atoms with Crippen molar-refractivity contribution in [2.75, 3.05) is 12.3 Å². The predicted octanol–water partition coefficient (Wildman–Crippen LogP) is 6.34. The van der Waals surface area contributed by atoms with Gasteiger partial charge in [0.05, 0.1) is 0 Å². The van der Waals surface area contributed by atoms with Gasteiger partial charge in [0.2, 0.25) is 11.8 Å². The van der Waals surface area contributed by atoms with Gasteiger partial charge in [-0.1, -0.05) is 91.2 Å². The summed E-state index contributed by atoms with van der Waals surface area (Å²) in [7, 11) is 0. The molecule has 0 aliphatic rings. The number of nitrogens with zero attached hydrogens (tertiary/aromatic N) is 1. The SMILES string of the molecule is CCCCNC(=O)C(Cc1ccccc1)N(Cc1cccc(C)c1)C(=O)CCSc1ccc(C)cc1. The third-order valence-electron chi connectivity index (χ3n) is 6.14. The van der Waals surface area contributed by atoms with E-state index < -0.39 is 6.04 Å². The molecule has 0 heterocycles. The highest BCUT2D eigenvalue weighted by atomic mass is 32.2. The van der Waals surface area contributed by atoms with E-state index in [-0.39, 0.29) is 11.8 Å². The maximum atomic E-state index is 13.7. The van der Waals surface area contributed by atoms with Crippen molar-refractivity contribution in [1.29, 1.82) is 0 Å². The van der Waals surface area contributed by atoms with E-state index in [0.29, 0.717) is 31.7 Å². The van der Waals surface area contributed by atoms with Crippen LogP contribution in [0.5, 0.6) is 0 Å². The highest BCUT2D eigenvalue weighted by Crippen LogP contribution is 2.21. The van der Waals surface area contributed by atoms with Gasteiger partial charge in [-0.25, -0.2) is 0 Å². The van der Waals surface area contributed by atoms with Gasteiger partial charge in [0.15, 0.2) is 0 Å². The molecule has 5 heteroatoms. The number of thioether (sulfide) groups is 1. The summed E-state index contributed by atoms with van der Waals surface area (Å²) in [4.78, 5) is 30.1. The number of benzene rings is 3. The highest BCUT2D eigenvalue weighted by molar-refractivity contribution is 7.99. The zero-order valence-electron chi connectivity index (χ0n) is 21.7. The largest absolute Gasteiger partial charge is 0.354 e. The van der Waals surface area contributed by atoms with Crippen molar-refractivity contribution >= 4 is 23.6 Å². The van der Waals surface area contributed by atoms with Gasteiger partial charge in [0.25, 0.3) is 0 Å². The van der Waals surface area contributed by atoms with Crippen molar-refractivity contribution in [1.82, 2.24) is 10.2 Å². The molecule has 0 radical (unpaired) electrons. The van der Waals surface area contributed by atoms with Gasteiger partial charge in [-0.15, -0.1) is 11.8 Å². The first kappa shape index (κ1) is 27.5. The summed E-state index contributed by atoms with van der Waals surface area (Å²) in [6, 6.07) is 25.9. The number of aryl methyl sites for hydroxylation is 2.